The largest absolute Gasteiger partial charge is 0.495 e. The van der Waals surface area contributed by atoms with Gasteiger partial charge in [-0.15, -0.1) is 0 Å². The number of halogens is 1. The number of nitrogens with zero attached hydrogens (tertiary/aromatic N) is 1. The fourth-order valence-electron chi connectivity index (χ4n) is 1.67. The summed E-state index contributed by atoms with van der Waals surface area (Å²) in [6, 6.07) is 7.58. The minimum atomic E-state index is -1.09. The van der Waals surface area contributed by atoms with Crippen molar-refractivity contribution in [2.75, 3.05) is 12.4 Å². The van der Waals surface area contributed by atoms with E-state index in [-0.39, 0.29) is 16.9 Å². The van der Waals surface area contributed by atoms with E-state index < -0.39 is 11.9 Å². The second kappa shape index (κ2) is 6.36. The van der Waals surface area contributed by atoms with E-state index in [0.717, 1.165) is 0 Å². The van der Waals surface area contributed by atoms with Crippen molar-refractivity contribution in [1.82, 2.24) is 4.98 Å². The van der Waals surface area contributed by atoms with E-state index in [9.17, 15) is 9.59 Å². The van der Waals surface area contributed by atoms with E-state index in [2.05, 4.69) is 26.2 Å². The number of amides is 1. The normalized spacial score (nSPS) is 10.0. The predicted molar refractivity (Wildman–Crippen MR) is 79.8 cm³/mol. The summed E-state index contributed by atoms with van der Waals surface area (Å²) in [5.74, 6) is -1.20. The van der Waals surface area contributed by atoms with Gasteiger partial charge in [0.25, 0.3) is 5.91 Å². The molecule has 0 aliphatic rings. The van der Waals surface area contributed by atoms with Crippen molar-refractivity contribution >= 4 is 33.5 Å². The van der Waals surface area contributed by atoms with Crippen LogP contribution in [-0.4, -0.2) is 29.1 Å². The summed E-state index contributed by atoms with van der Waals surface area (Å²) in [6.07, 6.45) is 1.49. The van der Waals surface area contributed by atoms with Crippen LogP contribution in [0, 0.1) is 0 Å². The maximum atomic E-state index is 12.2. The zero-order chi connectivity index (χ0) is 15.4. The number of anilines is 1. The van der Waals surface area contributed by atoms with Crippen molar-refractivity contribution in [2.24, 2.45) is 0 Å². The maximum absolute atomic E-state index is 12.2. The van der Waals surface area contributed by atoms with E-state index in [1.54, 1.807) is 12.1 Å². The number of carboxylic acids is 1. The molecule has 0 spiro atoms. The molecule has 2 N–H and O–H groups in total. The Balaban J connectivity index is 2.34. The standard InChI is InChI=1S/C14H11BrN2O4/c1-21-11-5-4-8(14(19)20)7-10(11)17-13(18)12-9(15)3-2-6-16-12/h2-7H,1H3,(H,17,18)(H,19,20). The van der Waals surface area contributed by atoms with E-state index in [1.807, 2.05) is 0 Å². The number of rotatable bonds is 4. The van der Waals surface area contributed by atoms with Gasteiger partial charge in [0, 0.05) is 10.7 Å². The smallest absolute Gasteiger partial charge is 0.335 e. The molecule has 6 nitrogen and oxygen atoms in total. The van der Waals surface area contributed by atoms with Gasteiger partial charge in [-0.3, -0.25) is 4.79 Å². The minimum Gasteiger partial charge on any atom is -0.495 e. The zero-order valence-electron chi connectivity index (χ0n) is 11.0. The highest BCUT2D eigenvalue weighted by Crippen LogP contribution is 2.26. The molecule has 7 heteroatoms. The molecule has 1 heterocycles. The molecule has 0 saturated heterocycles. The molecular formula is C14H11BrN2O4. The van der Waals surface area contributed by atoms with Crippen molar-refractivity contribution in [1.29, 1.82) is 0 Å². The number of aromatic nitrogens is 1. The van der Waals surface area contributed by atoms with Crippen molar-refractivity contribution in [2.45, 2.75) is 0 Å². The molecule has 108 valence electrons. The van der Waals surface area contributed by atoms with Gasteiger partial charge in [-0.1, -0.05) is 0 Å². The molecule has 0 saturated carbocycles. The fourth-order valence-corrected chi connectivity index (χ4v) is 2.11. The van der Waals surface area contributed by atoms with E-state index in [1.165, 1.54) is 31.5 Å². The molecule has 0 atom stereocenters. The van der Waals surface area contributed by atoms with Gasteiger partial charge in [-0.05, 0) is 46.3 Å². The van der Waals surface area contributed by atoms with Crippen molar-refractivity contribution in [3.8, 4) is 5.75 Å². The highest BCUT2D eigenvalue weighted by Gasteiger charge is 2.15. The number of hydrogen-bond acceptors (Lipinski definition) is 4. The van der Waals surface area contributed by atoms with Crippen LogP contribution in [0.25, 0.3) is 0 Å². The second-order valence-corrected chi connectivity index (χ2v) is 4.86. The average Bonchev–Trinajstić information content (AvgIpc) is 2.47. The van der Waals surface area contributed by atoms with Crippen LogP contribution in [0.5, 0.6) is 5.75 Å². The molecule has 1 aromatic heterocycles. The Kier molecular flexibility index (Phi) is 4.54. The van der Waals surface area contributed by atoms with Gasteiger partial charge in [0.2, 0.25) is 0 Å². The minimum absolute atomic E-state index is 0.0474. The van der Waals surface area contributed by atoms with Crippen LogP contribution in [0.1, 0.15) is 20.8 Å². The molecule has 0 aliphatic carbocycles. The van der Waals surface area contributed by atoms with Crippen molar-refractivity contribution < 1.29 is 19.4 Å². The third kappa shape index (κ3) is 3.38. The first-order valence-electron chi connectivity index (χ1n) is 5.86. The van der Waals surface area contributed by atoms with Crippen LogP contribution >= 0.6 is 15.9 Å². The lowest BCUT2D eigenvalue weighted by Gasteiger charge is -2.11. The quantitative estimate of drug-likeness (QED) is 0.884. The summed E-state index contributed by atoms with van der Waals surface area (Å²) in [6.45, 7) is 0. The highest BCUT2D eigenvalue weighted by atomic mass is 79.9. The second-order valence-electron chi connectivity index (χ2n) is 4.01. The Morgan fingerprint density at radius 2 is 2.10 bits per heavy atom. The number of methoxy groups -OCH3 is 1. The molecule has 0 bridgehead atoms. The summed E-state index contributed by atoms with van der Waals surface area (Å²) in [5, 5.41) is 11.6. The summed E-state index contributed by atoms with van der Waals surface area (Å²) < 4.78 is 5.65. The summed E-state index contributed by atoms with van der Waals surface area (Å²) in [5.41, 5.74) is 0.506. The average molecular weight is 351 g/mol. The molecule has 0 fully saturated rings. The molecule has 1 amide bonds. The van der Waals surface area contributed by atoms with Crippen molar-refractivity contribution in [3.63, 3.8) is 0 Å². The van der Waals surface area contributed by atoms with Gasteiger partial charge in [0.05, 0.1) is 18.4 Å². The Morgan fingerprint density at radius 3 is 2.71 bits per heavy atom. The molecule has 0 unspecified atom stereocenters. The fraction of sp³-hybridized carbons (Fsp3) is 0.0714. The van der Waals surface area contributed by atoms with Crippen LogP contribution < -0.4 is 10.1 Å². The molecule has 0 aliphatic heterocycles. The van der Waals surface area contributed by atoms with Crippen LogP contribution in [0.2, 0.25) is 0 Å². The molecule has 21 heavy (non-hydrogen) atoms. The summed E-state index contributed by atoms with van der Waals surface area (Å²) >= 11 is 3.23. The monoisotopic (exact) mass is 350 g/mol. The molecule has 0 radical (unpaired) electrons. The molecule has 2 aromatic rings. The predicted octanol–water partition coefficient (Wildman–Crippen LogP) is 2.80. The summed E-state index contributed by atoms with van der Waals surface area (Å²) in [4.78, 5) is 27.1. The van der Waals surface area contributed by atoms with E-state index in [4.69, 9.17) is 9.84 Å². The number of carbonyl (C=O) groups excluding carboxylic acids is 1. The molecular weight excluding hydrogens is 340 g/mol. The third-order valence-electron chi connectivity index (χ3n) is 2.67. The molecule has 2 rings (SSSR count). The van der Waals surface area contributed by atoms with Crippen LogP contribution in [0.15, 0.2) is 41.0 Å². The van der Waals surface area contributed by atoms with Crippen LogP contribution in [0.3, 0.4) is 0 Å². The van der Waals surface area contributed by atoms with Gasteiger partial charge >= 0.3 is 5.97 Å². The Bertz CT molecular complexity index is 703. The SMILES string of the molecule is COc1ccc(C(=O)O)cc1NC(=O)c1ncccc1Br. The van der Waals surface area contributed by atoms with E-state index in [0.29, 0.717) is 10.2 Å². The van der Waals surface area contributed by atoms with Gasteiger partial charge in [0.1, 0.15) is 11.4 Å². The third-order valence-corrected chi connectivity index (χ3v) is 3.31. The number of hydrogen-bond donors (Lipinski definition) is 2. The van der Waals surface area contributed by atoms with Crippen molar-refractivity contribution in [3.05, 3.63) is 52.3 Å². The maximum Gasteiger partial charge on any atom is 0.335 e. The number of carbonyl (C=O) groups is 2. The summed E-state index contributed by atoms with van der Waals surface area (Å²) in [7, 11) is 1.43. The lowest BCUT2D eigenvalue weighted by atomic mass is 10.2. The first-order valence-corrected chi connectivity index (χ1v) is 6.65. The Labute approximate surface area is 128 Å². The number of benzene rings is 1. The number of carboxylic acid groups (broad SMARTS) is 1. The van der Waals surface area contributed by atoms with Gasteiger partial charge < -0.3 is 15.2 Å². The number of nitrogens with one attached hydrogen (secondary N) is 1. The van der Waals surface area contributed by atoms with E-state index >= 15 is 0 Å². The van der Waals surface area contributed by atoms with Gasteiger partial charge in [-0.2, -0.15) is 0 Å². The first-order chi connectivity index (χ1) is 10.0. The Morgan fingerprint density at radius 1 is 1.33 bits per heavy atom. The van der Waals surface area contributed by atoms with Gasteiger partial charge in [-0.25, -0.2) is 9.78 Å². The van der Waals surface area contributed by atoms with Crippen LogP contribution in [0.4, 0.5) is 5.69 Å². The van der Waals surface area contributed by atoms with Gasteiger partial charge in [0.15, 0.2) is 0 Å². The topological polar surface area (TPSA) is 88.5 Å². The number of ether oxygens (including phenoxy) is 1. The lowest BCUT2D eigenvalue weighted by molar-refractivity contribution is 0.0696. The van der Waals surface area contributed by atoms with Crippen LogP contribution in [-0.2, 0) is 0 Å². The Hall–Kier alpha value is -2.41. The lowest BCUT2D eigenvalue weighted by Crippen LogP contribution is -2.15. The zero-order valence-corrected chi connectivity index (χ0v) is 12.5. The number of pyridine rings is 1. The first kappa shape index (κ1) is 15.0. The number of aromatic carboxylic acids is 1. The molecule has 1 aromatic carbocycles. The highest BCUT2D eigenvalue weighted by molar-refractivity contribution is 9.10.